The quantitative estimate of drug-likeness (QED) is 0.728. The topological polar surface area (TPSA) is 44.8 Å². The Balaban J connectivity index is 2.11. The molecule has 1 unspecified atom stereocenters. The third-order valence-electron chi connectivity index (χ3n) is 2.50. The molecule has 4 nitrogen and oxygen atoms in total. The van der Waals surface area contributed by atoms with E-state index >= 15 is 0 Å². The van der Waals surface area contributed by atoms with Crippen LogP contribution in [0.25, 0.3) is 0 Å². The zero-order valence-corrected chi connectivity index (χ0v) is 9.36. The van der Waals surface area contributed by atoms with Gasteiger partial charge in [-0.25, -0.2) is 4.79 Å². The van der Waals surface area contributed by atoms with Crippen molar-refractivity contribution in [3.8, 4) is 11.5 Å². The summed E-state index contributed by atoms with van der Waals surface area (Å²) in [6.45, 7) is 2.15. The van der Waals surface area contributed by atoms with E-state index in [9.17, 15) is 4.79 Å². The van der Waals surface area contributed by atoms with Crippen LogP contribution in [0.1, 0.15) is 12.5 Å². The Morgan fingerprint density at radius 3 is 3.06 bits per heavy atom. The Labute approximate surface area is 94.1 Å². The highest BCUT2D eigenvalue weighted by Gasteiger charge is 2.30. The van der Waals surface area contributed by atoms with E-state index in [1.54, 1.807) is 20.1 Å². The fraction of sp³-hybridized carbons (Fsp3) is 0.417. The summed E-state index contributed by atoms with van der Waals surface area (Å²) in [6, 6.07) is 5.55. The van der Waals surface area contributed by atoms with Crippen molar-refractivity contribution in [1.29, 1.82) is 0 Å². The summed E-state index contributed by atoms with van der Waals surface area (Å²) in [5, 5.41) is 0. The Morgan fingerprint density at radius 1 is 1.56 bits per heavy atom. The second kappa shape index (κ2) is 4.43. The Kier molecular flexibility index (Phi) is 2.99. The van der Waals surface area contributed by atoms with E-state index in [2.05, 4.69) is 0 Å². The van der Waals surface area contributed by atoms with Crippen LogP contribution in [0.2, 0.25) is 0 Å². The van der Waals surface area contributed by atoms with Gasteiger partial charge in [0.05, 0.1) is 13.7 Å². The van der Waals surface area contributed by atoms with E-state index in [1.807, 2.05) is 12.1 Å². The van der Waals surface area contributed by atoms with Gasteiger partial charge in [0, 0.05) is 12.5 Å². The van der Waals surface area contributed by atoms with Crippen molar-refractivity contribution in [3.05, 3.63) is 23.8 Å². The highest BCUT2D eigenvalue weighted by molar-refractivity contribution is 5.77. The Bertz CT molecular complexity index is 400. The van der Waals surface area contributed by atoms with Gasteiger partial charge < -0.3 is 14.2 Å². The standard InChI is InChI=1S/C12H14O4/c1-3-15-12(13)11-6-8-4-5-9(14-2)7-10(8)16-11/h4-5,7,11H,3,6H2,1-2H3. The predicted octanol–water partition coefficient (Wildman–Crippen LogP) is 1.56. The van der Waals surface area contributed by atoms with Gasteiger partial charge in [0.2, 0.25) is 0 Å². The summed E-state index contributed by atoms with van der Waals surface area (Å²) in [5.41, 5.74) is 1.01. The molecule has 0 amide bonds. The smallest absolute Gasteiger partial charge is 0.347 e. The molecule has 0 aromatic heterocycles. The Hall–Kier alpha value is -1.71. The first kappa shape index (κ1) is 10.8. The molecule has 0 fully saturated rings. The maximum atomic E-state index is 11.5. The molecule has 0 saturated heterocycles. The average Bonchev–Trinajstić information content (AvgIpc) is 2.71. The van der Waals surface area contributed by atoms with Gasteiger partial charge in [-0.2, -0.15) is 0 Å². The van der Waals surface area contributed by atoms with Crippen molar-refractivity contribution < 1.29 is 19.0 Å². The molecule has 16 heavy (non-hydrogen) atoms. The predicted molar refractivity (Wildman–Crippen MR) is 57.7 cm³/mol. The minimum Gasteiger partial charge on any atom is -0.497 e. The van der Waals surface area contributed by atoms with E-state index < -0.39 is 6.10 Å². The van der Waals surface area contributed by atoms with Crippen LogP contribution in [-0.2, 0) is 16.0 Å². The summed E-state index contributed by atoms with van der Waals surface area (Å²) in [7, 11) is 1.60. The van der Waals surface area contributed by atoms with Crippen molar-refractivity contribution in [2.75, 3.05) is 13.7 Å². The molecule has 1 heterocycles. The van der Waals surface area contributed by atoms with Gasteiger partial charge in [-0.3, -0.25) is 0 Å². The van der Waals surface area contributed by atoms with Gasteiger partial charge in [-0.15, -0.1) is 0 Å². The molecule has 4 heteroatoms. The van der Waals surface area contributed by atoms with Gasteiger partial charge in [0.15, 0.2) is 6.10 Å². The number of benzene rings is 1. The lowest BCUT2D eigenvalue weighted by Crippen LogP contribution is -2.27. The number of rotatable bonds is 3. The molecular weight excluding hydrogens is 208 g/mol. The van der Waals surface area contributed by atoms with Crippen LogP contribution in [0.5, 0.6) is 11.5 Å². The summed E-state index contributed by atoms with van der Waals surface area (Å²) in [4.78, 5) is 11.5. The molecule has 86 valence electrons. The van der Waals surface area contributed by atoms with Crippen LogP contribution >= 0.6 is 0 Å². The second-order valence-electron chi connectivity index (χ2n) is 3.54. The highest BCUT2D eigenvalue weighted by Crippen LogP contribution is 2.32. The van der Waals surface area contributed by atoms with Crippen molar-refractivity contribution in [2.24, 2.45) is 0 Å². The van der Waals surface area contributed by atoms with Crippen molar-refractivity contribution in [2.45, 2.75) is 19.4 Å². The lowest BCUT2D eigenvalue weighted by atomic mass is 10.1. The third kappa shape index (κ3) is 1.96. The summed E-state index contributed by atoms with van der Waals surface area (Å²) >= 11 is 0. The summed E-state index contributed by atoms with van der Waals surface area (Å²) in [5.74, 6) is 1.12. The van der Waals surface area contributed by atoms with Gasteiger partial charge in [0.1, 0.15) is 11.5 Å². The molecule has 1 aromatic carbocycles. The van der Waals surface area contributed by atoms with E-state index in [1.165, 1.54) is 0 Å². The molecule has 1 aliphatic rings. The first-order valence-corrected chi connectivity index (χ1v) is 5.24. The number of fused-ring (bicyclic) bond motifs is 1. The second-order valence-corrected chi connectivity index (χ2v) is 3.54. The van der Waals surface area contributed by atoms with Crippen LogP contribution in [0.4, 0.5) is 0 Å². The number of hydrogen-bond donors (Lipinski definition) is 0. The molecule has 1 atom stereocenters. The summed E-state index contributed by atoms with van der Waals surface area (Å²) in [6.07, 6.45) is 0.0556. The minimum absolute atomic E-state index is 0.308. The van der Waals surface area contributed by atoms with E-state index in [0.717, 1.165) is 11.3 Å². The number of hydrogen-bond acceptors (Lipinski definition) is 4. The number of esters is 1. The molecule has 2 rings (SSSR count). The first-order chi connectivity index (χ1) is 7.74. The van der Waals surface area contributed by atoms with Gasteiger partial charge in [-0.05, 0) is 18.6 Å². The van der Waals surface area contributed by atoms with Crippen LogP contribution in [0, 0.1) is 0 Å². The maximum Gasteiger partial charge on any atom is 0.347 e. The van der Waals surface area contributed by atoms with E-state index in [0.29, 0.717) is 18.8 Å². The largest absolute Gasteiger partial charge is 0.497 e. The molecular formula is C12H14O4. The molecule has 1 aliphatic heterocycles. The van der Waals surface area contributed by atoms with Crippen LogP contribution in [0.15, 0.2) is 18.2 Å². The monoisotopic (exact) mass is 222 g/mol. The molecule has 0 N–H and O–H groups in total. The molecule has 0 spiro atoms. The SMILES string of the molecule is CCOC(=O)C1Cc2ccc(OC)cc2O1. The van der Waals surface area contributed by atoms with E-state index in [-0.39, 0.29) is 5.97 Å². The van der Waals surface area contributed by atoms with Crippen molar-refractivity contribution >= 4 is 5.97 Å². The zero-order valence-electron chi connectivity index (χ0n) is 9.36. The maximum absolute atomic E-state index is 11.5. The van der Waals surface area contributed by atoms with Gasteiger partial charge in [0.25, 0.3) is 0 Å². The molecule has 0 aliphatic carbocycles. The molecule has 1 aromatic rings. The molecule has 0 bridgehead atoms. The van der Waals surface area contributed by atoms with Gasteiger partial charge >= 0.3 is 5.97 Å². The van der Waals surface area contributed by atoms with Crippen molar-refractivity contribution in [3.63, 3.8) is 0 Å². The first-order valence-electron chi connectivity index (χ1n) is 5.24. The fourth-order valence-electron chi connectivity index (χ4n) is 1.70. The normalized spacial score (nSPS) is 17.5. The molecule has 0 radical (unpaired) electrons. The number of ether oxygens (including phenoxy) is 3. The van der Waals surface area contributed by atoms with Crippen LogP contribution < -0.4 is 9.47 Å². The van der Waals surface area contributed by atoms with Gasteiger partial charge in [-0.1, -0.05) is 6.07 Å². The van der Waals surface area contributed by atoms with Crippen molar-refractivity contribution in [1.82, 2.24) is 0 Å². The minimum atomic E-state index is -0.512. The fourth-order valence-corrected chi connectivity index (χ4v) is 1.70. The summed E-state index contributed by atoms with van der Waals surface area (Å²) < 4.78 is 15.5. The average molecular weight is 222 g/mol. The zero-order chi connectivity index (χ0) is 11.5. The molecule has 0 saturated carbocycles. The highest BCUT2D eigenvalue weighted by atomic mass is 16.6. The number of carbonyl (C=O) groups excluding carboxylic acids is 1. The van der Waals surface area contributed by atoms with Crippen LogP contribution in [0.3, 0.4) is 0 Å². The lowest BCUT2D eigenvalue weighted by molar-refractivity contribution is -0.150. The number of methoxy groups -OCH3 is 1. The number of carbonyl (C=O) groups is 1. The lowest BCUT2D eigenvalue weighted by Gasteiger charge is -2.08. The van der Waals surface area contributed by atoms with E-state index in [4.69, 9.17) is 14.2 Å². The third-order valence-corrected chi connectivity index (χ3v) is 2.50. The van der Waals surface area contributed by atoms with Crippen LogP contribution in [-0.4, -0.2) is 25.8 Å². The Morgan fingerprint density at radius 2 is 2.38 bits per heavy atom.